The Balaban J connectivity index is 2.21. The largest absolute Gasteiger partial charge is 0.311 e. The van der Waals surface area contributed by atoms with Crippen LogP contribution in [0.4, 0.5) is 0 Å². The summed E-state index contributed by atoms with van der Waals surface area (Å²) in [6, 6.07) is 8.60. The SMILES string of the molecule is CCC(CC)Cn1nc(CNCC(C)C)c2ccccc21. The van der Waals surface area contributed by atoms with Gasteiger partial charge in [0, 0.05) is 18.5 Å². The van der Waals surface area contributed by atoms with Gasteiger partial charge in [-0.25, -0.2) is 0 Å². The minimum atomic E-state index is 0.669. The van der Waals surface area contributed by atoms with E-state index >= 15 is 0 Å². The van der Waals surface area contributed by atoms with Gasteiger partial charge < -0.3 is 5.32 Å². The second kappa shape index (κ2) is 7.60. The standard InChI is InChI=1S/C18H29N3/c1-5-15(6-2)13-21-18-10-8-7-9-16(18)17(20-21)12-19-11-14(3)4/h7-10,14-15,19H,5-6,11-13H2,1-4H3. The second-order valence-corrected chi connectivity index (χ2v) is 6.35. The molecule has 0 aliphatic carbocycles. The highest BCUT2D eigenvalue weighted by atomic mass is 15.3. The molecule has 1 aromatic carbocycles. The molecule has 0 aliphatic rings. The number of nitrogens with one attached hydrogen (secondary N) is 1. The van der Waals surface area contributed by atoms with Gasteiger partial charge in [-0.05, 0) is 24.4 Å². The Hall–Kier alpha value is -1.35. The van der Waals surface area contributed by atoms with Gasteiger partial charge in [-0.1, -0.05) is 58.7 Å². The zero-order chi connectivity index (χ0) is 15.2. The molecule has 0 fully saturated rings. The highest BCUT2D eigenvalue weighted by Gasteiger charge is 2.12. The Labute approximate surface area is 128 Å². The van der Waals surface area contributed by atoms with Crippen molar-refractivity contribution in [2.75, 3.05) is 6.54 Å². The van der Waals surface area contributed by atoms with Crippen LogP contribution in [0, 0.1) is 11.8 Å². The summed E-state index contributed by atoms with van der Waals surface area (Å²) < 4.78 is 2.21. The molecule has 116 valence electrons. The topological polar surface area (TPSA) is 29.9 Å². The van der Waals surface area contributed by atoms with Crippen LogP contribution in [0.5, 0.6) is 0 Å². The number of rotatable bonds is 8. The lowest BCUT2D eigenvalue weighted by molar-refractivity contribution is 0.400. The number of benzene rings is 1. The molecule has 0 bridgehead atoms. The maximum atomic E-state index is 4.88. The molecule has 0 spiro atoms. The molecule has 2 aromatic rings. The van der Waals surface area contributed by atoms with Gasteiger partial charge in [0.15, 0.2) is 0 Å². The van der Waals surface area contributed by atoms with Crippen molar-refractivity contribution in [2.24, 2.45) is 11.8 Å². The summed E-state index contributed by atoms with van der Waals surface area (Å²) in [6.07, 6.45) is 2.43. The van der Waals surface area contributed by atoms with Crippen LogP contribution in [0.15, 0.2) is 24.3 Å². The molecule has 3 nitrogen and oxygen atoms in total. The van der Waals surface area contributed by atoms with Crippen molar-refractivity contribution in [1.82, 2.24) is 15.1 Å². The maximum Gasteiger partial charge on any atom is 0.0841 e. The van der Waals surface area contributed by atoms with E-state index in [4.69, 9.17) is 5.10 Å². The number of fused-ring (bicyclic) bond motifs is 1. The Morgan fingerprint density at radius 1 is 1.14 bits per heavy atom. The fourth-order valence-electron chi connectivity index (χ4n) is 2.74. The zero-order valence-corrected chi connectivity index (χ0v) is 13.9. The Kier molecular flexibility index (Phi) is 5.80. The van der Waals surface area contributed by atoms with E-state index < -0.39 is 0 Å². The summed E-state index contributed by atoms with van der Waals surface area (Å²) in [6.45, 7) is 11.9. The van der Waals surface area contributed by atoms with Gasteiger partial charge in [0.2, 0.25) is 0 Å². The smallest absolute Gasteiger partial charge is 0.0841 e. The summed E-state index contributed by atoms with van der Waals surface area (Å²) in [7, 11) is 0. The molecule has 0 amide bonds. The molecule has 3 heteroatoms. The van der Waals surface area contributed by atoms with E-state index in [0.29, 0.717) is 11.8 Å². The van der Waals surface area contributed by atoms with Crippen LogP contribution in [-0.4, -0.2) is 16.3 Å². The first-order valence-electron chi connectivity index (χ1n) is 8.30. The minimum absolute atomic E-state index is 0.669. The molecule has 0 unspecified atom stereocenters. The first-order chi connectivity index (χ1) is 10.2. The maximum absolute atomic E-state index is 4.88. The van der Waals surface area contributed by atoms with E-state index in [2.05, 4.69) is 62.0 Å². The first kappa shape index (κ1) is 16.0. The van der Waals surface area contributed by atoms with Gasteiger partial charge in [0.1, 0.15) is 0 Å². The van der Waals surface area contributed by atoms with Crippen LogP contribution < -0.4 is 5.32 Å². The lowest BCUT2D eigenvalue weighted by Crippen LogP contribution is -2.19. The normalized spacial score (nSPS) is 11.9. The van der Waals surface area contributed by atoms with Crippen LogP contribution in [0.3, 0.4) is 0 Å². The van der Waals surface area contributed by atoms with Gasteiger partial charge in [0.25, 0.3) is 0 Å². The quantitative estimate of drug-likeness (QED) is 0.788. The van der Waals surface area contributed by atoms with Gasteiger partial charge in [-0.2, -0.15) is 5.10 Å². The highest BCUT2D eigenvalue weighted by molar-refractivity contribution is 5.81. The van der Waals surface area contributed by atoms with Crippen LogP contribution in [0.2, 0.25) is 0 Å². The van der Waals surface area contributed by atoms with Gasteiger partial charge in [-0.15, -0.1) is 0 Å². The number of hydrogen-bond acceptors (Lipinski definition) is 2. The van der Waals surface area contributed by atoms with E-state index in [-0.39, 0.29) is 0 Å². The third-order valence-corrected chi connectivity index (χ3v) is 4.17. The van der Waals surface area contributed by atoms with Crippen LogP contribution in [0.25, 0.3) is 10.9 Å². The van der Waals surface area contributed by atoms with E-state index in [0.717, 1.165) is 19.6 Å². The highest BCUT2D eigenvalue weighted by Crippen LogP contribution is 2.21. The molecule has 0 saturated heterocycles. The Morgan fingerprint density at radius 3 is 2.52 bits per heavy atom. The molecular formula is C18H29N3. The van der Waals surface area contributed by atoms with E-state index in [1.54, 1.807) is 0 Å². The van der Waals surface area contributed by atoms with Crippen molar-refractivity contribution in [1.29, 1.82) is 0 Å². The van der Waals surface area contributed by atoms with Gasteiger partial charge in [0.05, 0.1) is 11.2 Å². The molecule has 0 radical (unpaired) electrons. The average molecular weight is 287 g/mol. The monoisotopic (exact) mass is 287 g/mol. The molecule has 1 aromatic heterocycles. The zero-order valence-electron chi connectivity index (χ0n) is 13.9. The lowest BCUT2D eigenvalue weighted by atomic mass is 10.0. The third-order valence-electron chi connectivity index (χ3n) is 4.17. The molecule has 0 aliphatic heterocycles. The lowest BCUT2D eigenvalue weighted by Gasteiger charge is -2.12. The summed E-state index contributed by atoms with van der Waals surface area (Å²) in [5, 5.41) is 9.68. The Morgan fingerprint density at radius 2 is 1.86 bits per heavy atom. The van der Waals surface area contributed by atoms with Crippen LogP contribution in [0.1, 0.15) is 46.2 Å². The van der Waals surface area contributed by atoms with Crippen LogP contribution >= 0.6 is 0 Å². The van der Waals surface area contributed by atoms with E-state index in [1.807, 2.05) is 0 Å². The summed E-state index contributed by atoms with van der Waals surface area (Å²) in [5.74, 6) is 1.38. The van der Waals surface area contributed by atoms with Gasteiger partial charge in [-0.3, -0.25) is 4.68 Å². The fourth-order valence-corrected chi connectivity index (χ4v) is 2.74. The predicted molar refractivity (Wildman–Crippen MR) is 90.3 cm³/mol. The summed E-state index contributed by atoms with van der Waals surface area (Å²) >= 11 is 0. The predicted octanol–water partition coefficient (Wildman–Crippen LogP) is 4.22. The number of para-hydroxylation sites is 1. The summed E-state index contributed by atoms with van der Waals surface area (Å²) in [5.41, 5.74) is 2.45. The molecule has 21 heavy (non-hydrogen) atoms. The number of aromatic nitrogens is 2. The van der Waals surface area contributed by atoms with Gasteiger partial charge >= 0.3 is 0 Å². The van der Waals surface area contributed by atoms with Crippen molar-refractivity contribution in [2.45, 2.75) is 53.6 Å². The molecule has 0 atom stereocenters. The van der Waals surface area contributed by atoms with Crippen molar-refractivity contribution < 1.29 is 0 Å². The second-order valence-electron chi connectivity index (χ2n) is 6.35. The van der Waals surface area contributed by atoms with Crippen molar-refractivity contribution in [3.8, 4) is 0 Å². The van der Waals surface area contributed by atoms with E-state index in [9.17, 15) is 0 Å². The van der Waals surface area contributed by atoms with Crippen molar-refractivity contribution in [3.63, 3.8) is 0 Å². The molecular weight excluding hydrogens is 258 g/mol. The summed E-state index contributed by atoms with van der Waals surface area (Å²) in [4.78, 5) is 0. The number of nitrogens with zero attached hydrogens (tertiary/aromatic N) is 2. The van der Waals surface area contributed by atoms with E-state index in [1.165, 1.54) is 29.4 Å². The van der Waals surface area contributed by atoms with Crippen molar-refractivity contribution in [3.05, 3.63) is 30.0 Å². The molecule has 1 N–H and O–H groups in total. The molecule has 1 heterocycles. The van der Waals surface area contributed by atoms with Crippen LogP contribution in [-0.2, 0) is 13.1 Å². The number of hydrogen-bond donors (Lipinski definition) is 1. The average Bonchev–Trinajstić information content (AvgIpc) is 2.83. The molecule has 2 rings (SSSR count). The fraction of sp³-hybridized carbons (Fsp3) is 0.611. The first-order valence-corrected chi connectivity index (χ1v) is 8.30. The Bertz CT molecular complexity index is 553. The molecule has 0 saturated carbocycles. The third kappa shape index (κ3) is 4.07. The van der Waals surface area contributed by atoms with Crippen molar-refractivity contribution >= 4 is 10.9 Å². The minimum Gasteiger partial charge on any atom is -0.311 e.